The van der Waals surface area contributed by atoms with Gasteiger partial charge in [-0.2, -0.15) is 0 Å². The Bertz CT molecular complexity index is 194. The Morgan fingerprint density at radius 3 is 2.57 bits per heavy atom. The van der Waals surface area contributed by atoms with E-state index in [2.05, 4.69) is 5.32 Å². The van der Waals surface area contributed by atoms with Crippen molar-refractivity contribution in [2.45, 2.75) is 32.2 Å². The van der Waals surface area contributed by atoms with Gasteiger partial charge in [-0.25, -0.2) is 0 Å². The zero-order valence-corrected chi connectivity index (χ0v) is 8.45. The second-order valence-electron chi connectivity index (χ2n) is 3.32. The average molecular weight is 202 g/mol. The van der Waals surface area contributed by atoms with E-state index in [1.807, 2.05) is 0 Å². The van der Waals surface area contributed by atoms with Crippen LogP contribution in [0.25, 0.3) is 0 Å². The fraction of sp³-hybridized carbons (Fsp3) is 0.778. The summed E-state index contributed by atoms with van der Waals surface area (Å²) in [4.78, 5) is 20.8. The van der Waals surface area contributed by atoms with E-state index in [-0.39, 0.29) is 5.78 Å². The first-order valence-corrected chi connectivity index (χ1v) is 4.72. The highest BCUT2D eigenvalue weighted by Crippen LogP contribution is 1.97. The van der Waals surface area contributed by atoms with Crippen molar-refractivity contribution in [3.05, 3.63) is 0 Å². The molecule has 0 spiro atoms. The van der Waals surface area contributed by atoms with Crippen LogP contribution in [0.2, 0.25) is 0 Å². The third kappa shape index (κ3) is 7.70. The Balaban J connectivity index is 3.21. The summed E-state index contributed by atoms with van der Waals surface area (Å²) in [5, 5.41) is 11.4. The third-order valence-corrected chi connectivity index (χ3v) is 1.81. The number of rotatable bonds is 8. The van der Waals surface area contributed by atoms with Crippen LogP contribution in [-0.2, 0) is 9.59 Å². The number of nitrogens with one attached hydrogen (secondary N) is 1. The number of hydrogen-bond acceptors (Lipinski definition) is 4. The summed E-state index contributed by atoms with van der Waals surface area (Å²) in [7, 11) is 0. The molecule has 0 aromatic heterocycles. The minimum absolute atomic E-state index is 0.104. The van der Waals surface area contributed by atoms with Crippen molar-refractivity contribution in [2.75, 3.05) is 13.1 Å². The molecule has 0 aromatic carbocycles. The number of nitrogens with two attached hydrogens (primary N) is 1. The van der Waals surface area contributed by atoms with Crippen LogP contribution in [0, 0.1) is 0 Å². The number of hydrogen-bond donors (Lipinski definition) is 3. The predicted molar refractivity (Wildman–Crippen MR) is 53.0 cm³/mol. The van der Waals surface area contributed by atoms with Crippen molar-refractivity contribution >= 4 is 11.8 Å². The molecule has 0 aliphatic carbocycles. The van der Waals surface area contributed by atoms with E-state index in [1.165, 1.54) is 6.92 Å². The van der Waals surface area contributed by atoms with E-state index in [1.54, 1.807) is 0 Å². The summed E-state index contributed by atoms with van der Waals surface area (Å²) >= 11 is 0. The second-order valence-corrected chi connectivity index (χ2v) is 3.32. The lowest BCUT2D eigenvalue weighted by Crippen LogP contribution is -2.30. The normalized spacial score (nSPS) is 12.4. The van der Waals surface area contributed by atoms with Crippen LogP contribution in [-0.4, -0.2) is 36.0 Å². The van der Waals surface area contributed by atoms with E-state index in [4.69, 9.17) is 10.8 Å². The maximum atomic E-state index is 10.5. The molecule has 0 aliphatic heterocycles. The van der Waals surface area contributed by atoms with Crippen LogP contribution in [0.1, 0.15) is 26.2 Å². The molecule has 0 aromatic rings. The molecule has 0 unspecified atom stereocenters. The Labute approximate surface area is 83.7 Å². The summed E-state index contributed by atoms with van der Waals surface area (Å²) in [5.41, 5.74) is 5.31. The van der Waals surface area contributed by atoms with Crippen molar-refractivity contribution in [1.82, 2.24) is 5.32 Å². The highest BCUT2D eigenvalue weighted by molar-refractivity contribution is 5.77. The van der Waals surface area contributed by atoms with E-state index in [0.717, 1.165) is 19.4 Å². The van der Waals surface area contributed by atoms with E-state index >= 15 is 0 Å². The maximum absolute atomic E-state index is 10.5. The number of carbonyl (C=O) groups is 2. The molecule has 5 nitrogen and oxygen atoms in total. The molecule has 82 valence electrons. The molecule has 0 saturated carbocycles. The molecular formula is C9H18N2O3. The first-order valence-electron chi connectivity index (χ1n) is 4.72. The molecule has 0 bridgehead atoms. The molecule has 4 N–H and O–H groups in total. The molecule has 0 rings (SSSR count). The van der Waals surface area contributed by atoms with Crippen LogP contribution in [0.3, 0.4) is 0 Å². The van der Waals surface area contributed by atoms with Gasteiger partial charge < -0.3 is 16.2 Å². The average Bonchev–Trinajstić information content (AvgIpc) is 2.09. The van der Waals surface area contributed by atoms with Gasteiger partial charge in [0.2, 0.25) is 0 Å². The van der Waals surface area contributed by atoms with Gasteiger partial charge in [0.25, 0.3) is 0 Å². The Kier molecular flexibility index (Phi) is 6.96. The summed E-state index contributed by atoms with van der Waals surface area (Å²) in [6.07, 6.45) is 2.09. The predicted octanol–water partition coefficient (Wildman–Crippen LogP) is -0.253. The highest BCUT2D eigenvalue weighted by atomic mass is 16.4. The SMILES string of the molecule is CC(=O)CNCCCC[C@H](N)C(=O)O. The van der Waals surface area contributed by atoms with Gasteiger partial charge in [0, 0.05) is 0 Å². The number of carboxylic acid groups (broad SMARTS) is 1. The molecule has 0 radical (unpaired) electrons. The van der Waals surface area contributed by atoms with Crippen molar-refractivity contribution in [2.24, 2.45) is 5.73 Å². The van der Waals surface area contributed by atoms with Gasteiger partial charge in [0.15, 0.2) is 0 Å². The van der Waals surface area contributed by atoms with Gasteiger partial charge in [0.05, 0.1) is 6.54 Å². The number of carboxylic acids is 1. The number of unbranched alkanes of at least 4 members (excludes halogenated alkanes) is 1. The summed E-state index contributed by atoms with van der Waals surface area (Å²) in [6.45, 7) is 2.63. The largest absolute Gasteiger partial charge is 0.480 e. The molecule has 0 saturated heterocycles. The Hall–Kier alpha value is -0.940. The van der Waals surface area contributed by atoms with Crippen molar-refractivity contribution in [3.8, 4) is 0 Å². The van der Waals surface area contributed by atoms with Crippen LogP contribution in [0.4, 0.5) is 0 Å². The molecule has 5 heteroatoms. The summed E-state index contributed by atoms with van der Waals surface area (Å²) in [6, 6.07) is -0.761. The molecule has 0 amide bonds. The first kappa shape index (κ1) is 13.1. The Morgan fingerprint density at radius 2 is 2.07 bits per heavy atom. The van der Waals surface area contributed by atoms with Crippen LogP contribution in [0.5, 0.6) is 0 Å². The highest BCUT2D eigenvalue weighted by Gasteiger charge is 2.09. The van der Waals surface area contributed by atoms with Crippen LogP contribution >= 0.6 is 0 Å². The summed E-state index contributed by atoms with van der Waals surface area (Å²) in [5.74, 6) is -0.853. The van der Waals surface area contributed by atoms with Crippen molar-refractivity contribution in [1.29, 1.82) is 0 Å². The first-order chi connectivity index (χ1) is 6.54. The molecule has 0 aliphatic rings. The van der Waals surface area contributed by atoms with E-state index in [9.17, 15) is 9.59 Å². The van der Waals surface area contributed by atoms with Gasteiger partial charge in [-0.05, 0) is 26.3 Å². The fourth-order valence-corrected chi connectivity index (χ4v) is 1.00. The monoisotopic (exact) mass is 202 g/mol. The fourth-order valence-electron chi connectivity index (χ4n) is 1.00. The standard InChI is InChI=1S/C9H18N2O3/c1-7(12)6-11-5-3-2-4-8(10)9(13)14/h8,11H,2-6,10H2,1H3,(H,13,14)/t8-/m0/s1. The van der Waals surface area contributed by atoms with Gasteiger partial charge in [0.1, 0.15) is 11.8 Å². The van der Waals surface area contributed by atoms with E-state index < -0.39 is 12.0 Å². The minimum atomic E-state index is -0.957. The van der Waals surface area contributed by atoms with Gasteiger partial charge in [-0.15, -0.1) is 0 Å². The number of ketones is 1. The third-order valence-electron chi connectivity index (χ3n) is 1.81. The second kappa shape index (κ2) is 7.46. The zero-order valence-electron chi connectivity index (χ0n) is 8.45. The summed E-state index contributed by atoms with van der Waals surface area (Å²) < 4.78 is 0. The lowest BCUT2D eigenvalue weighted by atomic mass is 10.1. The van der Waals surface area contributed by atoms with Crippen molar-refractivity contribution in [3.63, 3.8) is 0 Å². The van der Waals surface area contributed by atoms with Gasteiger partial charge >= 0.3 is 5.97 Å². The number of carbonyl (C=O) groups excluding carboxylic acids is 1. The van der Waals surface area contributed by atoms with Crippen LogP contribution < -0.4 is 11.1 Å². The lowest BCUT2D eigenvalue weighted by Gasteiger charge is -2.05. The topological polar surface area (TPSA) is 92.4 Å². The zero-order chi connectivity index (χ0) is 11.0. The smallest absolute Gasteiger partial charge is 0.320 e. The van der Waals surface area contributed by atoms with E-state index in [0.29, 0.717) is 13.0 Å². The Morgan fingerprint density at radius 1 is 1.43 bits per heavy atom. The molecule has 0 heterocycles. The maximum Gasteiger partial charge on any atom is 0.320 e. The molecule has 14 heavy (non-hydrogen) atoms. The molecule has 1 atom stereocenters. The molecule has 0 fully saturated rings. The molecular weight excluding hydrogens is 184 g/mol. The number of aliphatic carboxylic acids is 1. The number of Topliss-reactive ketones (excluding diaryl/α,β-unsaturated/α-hetero) is 1. The van der Waals surface area contributed by atoms with Crippen molar-refractivity contribution < 1.29 is 14.7 Å². The van der Waals surface area contributed by atoms with Gasteiger partial charge in [-0.3, -0.25) is 9.59 Å². The minimum Gasteiger partial charge on any atom is -0.480 e. The van der Waals surface area contributed by atoms with Gasteiger partial charge in [-0.1, -0.05) is 6.42 Å². The quantitative estimate of drug-likeness (QED) is 0.472. The van der Waals surface area contributed by atoms with Crippen LogP contribution in [0.15, 0.2) is 0 Å². The lowest BCUT2D eigenvalue weighted by molar-refractivity contribution is -0.138.